The van der Waals surface area contributed by atoms with Crippen molar-refractivity contribution in [2.45, 2.75) is 25.3 Å². The minimum absolute atomic E-state index is 0.0227. The van der Waals surface area contributed by atoms with Gasteiger partial charge in [-0.2, -0.15) is 8.42 Å². The van der Waals surface area contributed by atoms with Crippen molar-refractivity contribution < 1.29 is 12.8 Å². The number of imidazole rings is 1. The first kappa shape index (κ1) is 13.6. The van der Waals surface area contributed by atoms with Crippen LogP contribution in [0, 0.1) is 6.92 Å². The highest BCUT2D eigenvalue weighted by Gasteiger charge is 2.17. The minimum atomic E-state index is -3.69. The second kappa shape index (κ2) is 4.88. The summed E-state index contributed by atoms with van der Waals surface area (Å²) in [6.45, 7) is 3.63. The molecule has 3 rings (SSSR count). The predicted octanol–water partition coefficient (Wildman–Crippen LogP) is 2.22. The van der Waals surface area contributed by atoms with E-state index in [1.54, 1.807) is 25.1 Å². The van der Waals surface area contributed by atoms with Crippen molar-refractivity contribution in [2.24, 2.45) is 0 Å². The molecule has 110 valence electrons. The van der Waals surface area contributed by atoms with Gasteiger partial charge in [-0.15, -0.1) is 0 Å². The zero-order chi connectivity index (χ0) is 15.0. The van der Waals surface area contributed by atoms with Crippen molar-refractivity contribution >= 4 is 26.8 Å². The Balaban J connectivity index is 1.94. The Bertz CT molecular complexity index is 895. The van der Waals surface area contributed by atoms with Crippen molar-refractivity contribution in [3.05, 3.63) is 36.1 Å². The lowest BCUT2D eigenvalue weighted by Crippen LogP contribution is -2.13. The summed E-state index contributed by atoms with van der Waals surface area (Å²) in [4.78, 5) is 10.9. The quantitative estimate of drug-likeness (QED) is 0.769. The van der Waals surface area contributed by atoms with Crippen LogP contribution in [0.3, 0.4) is 0 Å². The first-order chi connectivity index (χ1) is 9.98. The molecule has 2 aromatic heterocycles. The fourth-order valence-corrected chi connectivity index (χ4v) is 2.96. The predicted molar refractivity (Wildman–Crippen MR) is 77.5 cm³/mol. The molecule has 0 spiro atoms. The number of aromatic amines is 1. The van der Waals surface area contributed by atoms with E-state index in [-0.39, 0.29) is 5.03 Å². The molecule has 0 fully saturated rings. The Morgan fingerprint density at radius 1 is 1.38 bits per heavy atom. The van der Waals surface area contributed by atoms with Gasteiger partial charge in [0, 0.05) is 6.42 Å². The third kappa shape index (κ3) is 2.62. The van der Waals surface area contributed by atoms with Crippen molar-refractivity contribution in [3.63, 3.8) is 0 Å². The number of oxazole rings is 1. The van der Waals surface area contributed by atoms with Gasteiger partial charge in [0.25, 0.3) is 10.0 Å². The number of aromatic nitrogens is 3. The summed E-state index contributed by atoms with van der Waals surface area (Å²) in [5.74, 6) is 1.16. The molecule has 1 aromatic carbocycles. The molecule has 21 heavy (non-hydrogen) atoms. The largest absolute Gasteiger partial charge is 0.441 e. The van der Waals surface area contributed by atoms with Crippen LogP contribution < -0.4 is 4.72 Å². The Morgan fingerprint density at radius 3 is 2.86 bits per heavy atom. The standard InChI is InChI=1S/C13H14N4O3S/c1-3-12-16-10-6-9(4-5-11(10)20-12)17-21(18,19)13-7-14-8(2)15-13/h4-7,17H,3H2,1-2H3,(H,14,15). The lowest BCUT2D eigenvalue weighted by molar-refractivity contribution is 0.538. The molecule has 0 aliphatic heterocycles. The van der Waals surface area contributed by atoms with E-state index >= 15 is 0 Å². The van der Waals surface area contributed by atoms with Gasteiger partial charge in [0.05, 0.1) is 11.9 Å². The molecule has 0 radical (unpaired) electrons. The lowest BCUT2D eigenvalue weighted by atomic mass is 10.3. The third-order valence-corrected chi connectivity index (χ3v) is 4.25. The highest BCUT2D eigenvalue weighted by molar-refractivity contribution is 7.92. The molecule has 0 saturated heterocycles. The first-order valence-electron chi connectivity index (χ1n) is 6.42. The van der Waals surface area contributed by atoms with Crippen molar-refractivity contribution in [3.8, 4) is 0 Å². The SMILES string of the molecule is CCc1nc2cc(NS(=O)(=O)c3cnc(C)[nH]3)ccc2o1. The van der Waals surface area contributed by atoms with Crippen LogP contribution in [0.1, 0.15) is 18.6 Å². The van der Waals surface area contributed by atoms with Gasteiger partial charge in [0.15, 0.2) is 16.5 Å². The van der Waals surface area contributed by atoms with E-state index in [2.05, 4.69) is 19.7 Å². The molecule has 7 nitrogen and oxygen atoms in total. The van der Waals surface area contributed by atoms with Gasteiger partial charge in [-0.1, -0.05) is 6.92 Å². The van der Waals surface area contributed by atoms with Gasteiger partial charge < -0.3 is 9.40 Å². The minimum Gasteiger partial charge on any atom is -0.441 e. The third-order valence-electron chi connectivity index (χ3n) is 2.96. The second-order valence-electron chi connectivity index (χ2n) is 4.58. The fraction of sp³-hybridized carbons (Fsp3) is 0.231. The maximum absolute atomic E-state index is 12.2. The number of hydrogen-bond donors (Lipinski definition) is 2. The molecule has 0 aliphatic carbocycles. The molecule has 0 amide bonds. The fourth-order valence-electron chi connectivity index (χ4n) is 1.93. The molecule has 0 aliphatic rings. The first-order valence-corrected chi connectivity index (χ1v) is 7.90. The zero-order valence-corrected chi connectivity index (χ0v) is 12.4. The monoisotopic (exact) mass is 306 g/mol. The van der Waals surface area contributed by atoms with Gasteiger partial charge >= 0.3 is 0 Å². The average Bonchev–Trinajstić information content (AvgIpc) is 3.03. The van der Waals surface area contributed by atoms with E-state index in [0.717, 1.165) is 0 Å². The Labute approximate surface area is 121 Å². The molecular weight excluding hydrogens is 292 g/mol. The van der Waals surface area contributed by atoms with E-state index in [9.17, 15) is 8.42 Å². The van der Waals surface area contributed by atoms with Gasteiger partial charge in [0.1, 0.15) is 11.3 Å². The number of anilines is 1. The molecule has 0 bridgehead atoms. The maximum Gasteiger partial charge on any atom is 0.278 e. The number of nitrogens with one attached hydrogen (secondary N) is 2. The summed E-state index contributed by atoms with van der Waals surface area (Å²) in [7, 11) is -3.69. The van der Waals surface area contributed by atoms with Crippen LogP contribution in [0.5, 0.6) is 0 Å². The summed E-state index contributed by atoms with van der Waals surface area (Å²) < 4.78 is 32.3. The number of nitrogens with zero attached hydrogens (tertiary/aromatic N) is 2. The number of hydrogen-bond acceptors (Lipinski definition) is 5. The van der Waals surface area contributed by atoms with Crippen LogP contribution in [0.25, 0.3) is 11.1 Å². The smallest absolute Gasteiger partial charge is 0.278 e. The van der Waals surface area contributed by atoms with Crippen molar-refractivity contribution in [1.29, 1.82) is 0 Å². The number of fused-ring (bicyclic) bond motifs is 1. The maximum atomic E-state index is 12.2. The normalized spacial score (nSPS) is 11.9. The van der Waals surface area contributed by atoms with Gasteiger partial charge in [-0.3, -0.25) is 4.72 Å². The van der Waals surface area contributed by atoms with E-state index in [0.29, 0.717) is 34.9 Å². The molecular formula is C13H14N4O3S. The Morgan fingerprint density at radius 2 is 2.19 bits per heavy atom. The van der Waals surface area contributed by atoms with Gasteiger partial charge in [0.2, 0.25) is 0 Å². The summed E-state index contributed by atoms with van der Waals surface area (Å²) in [5, 5.41) is 0.0227. The number of rotatable bonds is 4. The Hall–Kier alpha value is -2.35. The Kier molecular flexibility index (Phi) is 3.17. The summed E-state index contributed by atoms with van der Waals surface area (Å²) in [5.41, 5.74) is 1.67. The molecule has 2 N–H and O–H groups in total. The number of sulfonamides is 1. The second-order valence-corrected chi connectivity index (χ2v) is 6.23. The number of aryl methyl sites for hydroxylation is 2. The zero-order valence-electron chi connectivity index (χ0n) is 11.5. The summed E-state index contributed by atoms with van der Waals surface area (Å²) in [6.07, 6.45) is 1.96. The molecule has 8 heteroatoms. The lowest BCUT2D eigenvalue weighted by Gasteiger charge is -2.05. The number of benzene rings is 1. The van der Waals surface area contributed by atoms with E-state index < -0.39 is 10.0 Å². The molecule has 2 heterocycles. The summed E-state index contributed by atoms with van der Waals surface area (Å²) >= 11 is 0. The van der Waals surface area contributed by atoms with Gasteiger partial charge in [-0.05, 0) is 25.1 Å². The van der Waals surface area contributed by atoms with Crippen LogP contribution in [-0.4, -0.2) is 23.4 Å². The highest BCUT2D eigenvalue weighted by atomic mass is 32.2. The van der Waals surface area contributed by atoms with Crippen LogP contribution in [-0.2, 0) is 16.4 Å². The van der Waals surface area contributed by atoms with Crippen molar-refractivity contribution in [1.82, 2.24) is 15.0 Å². The van der Waals surface area contributed by atoms with Crippen LogP contribution in [0.2, 0.25) is 0 Å². The molecule has 0 saturated carbocycles. The summed E-state index contributed by atoms with van der Waals surface area (Å²) in [6, 6.07) is 4.96. The van der Waals surface area contributed by atoms with Crippen LogP contribution >= 0.6 is 0 Å². The number of H-pyrrole nitrogens is 1. The van der Waals surface area contributed by atoms with Crippen LogP contribution in [0.15, 0.2) is 33.8 Å². The van der Waals surface area contributed by atoms with Crippen molar-refractivity contribution in [2.75, 3.05) is 4.72 Å². The van der Waals surface area contributed by atoms with E-state index in [1.165, 1.54) is 6.20 Å². The topological polar surface area (TPSA) is 101 Å². The molecule has 0 atom stereocenters. The molecule has 3 aromatic rings. The van der Waals surface area contributed by atoms with E-state index in [1.807, 2.05) is 6.92 Å². The van der Waals surface area contributed by atoms with Crippen LogP contribution in [0.4, 0.5) is 5.69 Å². The van der Waals surface area contributed by atoms with Gasteiger partial charge in [-0.25, -0.2) is 9.97 Å². The average molecular weight is 306 g/mol. The van der Waals surface area contributed by atoms with E-state index in [4.69, 9.17) is 4.42 Å². The molecule has 0 unspecified atom stereocenters. The highest BCUT2D eigenvalue weighted by Crippen LogP contribution is 2.22.